The van der Waals surface area contributed by atoms with E-state index in [0.717, 1.165) is 5.56 Å². The summed E-state index contributed by atoms with van der Waals surface area (Å²) >= 11 is 0. The second-order valence-corrected chi connectivity index (χ2v) is 3.26. The number of amidine groups is 1. The molecule has 0 bridgehead atoms. The number of nitrogens with zero attached hydrogens (tertiary/aromatic N) is 1. The Balaban J connectivity index is 2.41. The summed E-state index contributed by atoms with van der Waals surface area (Å²) in [6.07, 6.45) is 0. The van der Waals surface area contributed by atoms with Gasteiger partial charge in [-0.3, -0.25) is 4.79 Å². The molecular weight excluding hydrogens is 180 g/mol. The predicted molar refractivity (Wildman–Crippen MR) is 51.5 cm³/mol. The Kier molecular flexibility index (Phi) is 1.77. The Morgan fingerprint density at radius 1 is 1.36 bits per heavy atom. The summed E-state index contributed by atoms with van der Waals surface area (Å²) in [6, 6.07) is 9.10. The Hall–Kier alpha value is -1.84. The van der Waals surface area contributed by atoms with Crippen LogP contribution in [0.25, 0.3) is 0 Å². The number of nitrogens with two attached hydrogens (primary N) is 1. The van der Waals surface area contributed by atoms with E-state index in [2.05, 4.69) is 4.99 Å². The Morgan fingerprint density at radius 3 is 2.50 bits per heavy atom. The van der Waals surface area contributed by atoms with Crippen LogP contribution in [-0.4, -0.2) is 11.9 Å². The summed E-state index contributed by atoms with van der Waals surface area (Å²) in [5, 5.41) is 0. The average Bonchev–Trinajstić information content (AvgIpc) is 2.43. The van der Waals surface area contributed by atoms with Crippen molar-refractivity contribution in [1.29, 1.82) is 0 Å². The minimum Gasteiger partial charge on any atom is -0.444 e. The fourth-order valence-electron chi connectivity index (χ4n) is 1.42. The summed E-state index contributed by atoms with van der Waals surface area (Å²) in [5.41, 5.74) is 5.05. The van der Waals surface area contributed by atoms with Crippen LogP contribution in [0, 0.1) is 0 Å². The molecule has 0 fully saturated rings. The molecular formula is C10H10N2O2. The quantitative estimate of drug-likeness (QED) is 0.711. The monoisotopic (exact) mass is 190 g/mol. The Bertz CT molecular complexity index is 400. The molecule has 1 atom stereocenters. The zero-order chi connectivity index (χ0) is 10.2. The highest BCUT2D eigenvalue weighted by Gasteiger charge is 2.42. The van der Waals surface area contributed by atoms with Crippen LogP contribution in [0.1, 0.15) is 12.5 Å². The van der Waals surface area contributed by atoms with Crippen molar-refractivity contribution in [2.24, 2.45) is 10.7 Å². The first-order valence-electron chi connectivity index (χ1n) is 4.26. The lowest BCUT2D eigenvalue weighted by atomic mass is 9.96. The number of carbonyl (C=O) groups is 1. The van der Waals surface area contributed by atoms with Gasteiger partial charge in [-0.1, -0.05) is 30.3 Å². The molecule has 2 N–H and O–H groups in total. The van der Waals surface area contributed by atoms with Crippen molar-refractivity contribution in [3.05, 3.63) is 35.9 Å². The van der Waals surface area contributed by atoms with E-state index < -0.39 is 5.60 Å². The van der Waals surface area contributed by atoms with E-state index in [0.29, 0.717) is 0 Å². The van der Waals surface area contributed by atoms with Gasteiger partial charge in [0.05, 0.1) is 0 Å². The van der Waals surface area contributed by atoms with Crippen LogP contribution in [0.4, 0.5) is 0 Å². The van der Waals surface area contributed by atoms with E-state index in [-0.39, 0.29) is 11.9 Å². The van der Waals surface area contributed by atoms with Crippen LogP contribution in [0.3, 0.4) is 0 Å². The molecule has 2 rings (SSSR count). The lowest BCUT2D eigenvalue weighted by Crippen LogP contribution is -2.31. The molecule has 1 amide bonds. The molecule has 4 nitrogen and oxygen atoms in total. The molecule has 0 radical (unpaired) electrons. The van der Waals surface area contributed by atoms with E-state index in [1.54, 1.807) is 6.92 Å². The summed E-state index contributed by atoms with van der Waals surface area (Å²) in [4.78, 5) is 15.1. The maximum Gasteiger partial charge on any atom is 0.298 e. The molecule has 1 aromatic carbocycles. The van der Waals surface area contributed by atoms with Crippen molar-refractivity contribution in [1.82, 2.24) is 0 Å². The number of carbonyl (C=O) groups excluding carboxylic acids is 1. The number of aliphatic imine (C=N–C) groups is 1. The highest BCUT2D eigenvalue weighted by Crippen LogP contribution is 2.30. The minimum atomic E-state index is -1.05. The smallest absolute Gasteiger partial charge is 0.298 e. The van der Waals surface area contributed by atoms with Crippen molar-refractivity contribution in [2.45, 2.75) is 12.5 Å². The lowest BCUT2D eigenvalue weighted by molar-refractivity contribution is -0.130. The SMILES string of the molecule is C[C@]1(c2ccccc2)OC(N)=NC1=O. The zero-order valence-electron chi connectivity index (χ0n) is 7.73. The first-order valence-corrected chi connectivity index (χ1v) is 4.26. The molecule has 0 aliphatic carbocycles. The second-order valence-electron chi connectivity index (χ2n) is 3.26. The third kappa shape index (κ3) is 1.16. The maximum atomic E-state index is 11.5. The van der Waals surface area contributed by atoms with Gasteiger partial charge in [-0.15, -0.1) is 0 Å². The van der Waals surface area contributed by atoms with Crippen molar-refractivity contribution < 1.29 is 9.53 Å². The highest BCUT2D eigenvalue weighted by atomic mass is 16.5. The molecule has 0 unspecified atom stereocenters. The lowest BCUT2D eigenvalue weighted by Gasteiger charge is -2.20. The van der Waals surface area contributed by atoms with Gasteiger partial charge in [-0.05, 0) is 6.92 Å². The number of ether oxygens (including phenoxy) is 1. The second kappa shape index (κ2) is 2.83. The van der Waals surface area contributed by atoms with Crippen LogP contribution in [-0.2, 0) is 15.1 Å². The van der Waals surface area contributed by atoms with Gasteiger partial charge in [0.15, 0.2) is 0 Å². The molecule has 4 heteroatoms. The zero-order valence-corrected chi connectivity index (χ0v) is 7.73. The number of hydrogen-bond donors (Lipinski definition) is 1. The van der Waals surface area contributed by atoms with Crippen molar-refractivity contribution >= 4 is 11.9 Å². The van der Waals surface area contributed by atoms with E-state index in [4.69, 9.17) is 10.5 Å². The van der Waals surface area contributed by atoms with Gasteiger partial charge in [0.2, 0.25) is 5.60 Å². The molecule has 0 aromatic heterocycles. The van der Waals surface area contributed by atoms with Crippen LogP contribution < -0.4 is 5.73 Å². The topological polar surface area (TPSA) is 64.7 Å². The summed E-state index contributed by atoms with van der Waals surface area (Å²) in [5.74, 6) is -0.360. The predicted octanol–water partition coefficient (Wildman–Crippen LogP) is 0.773. The fraction of sp³-hybridized carbons (Fsp3) is 0.200. The van der Waals surface area contributed by atoms with Crippen molar-refractivity contribution in [3.63, 3.8) is 0 Å². The summed E-state index contributed by atoms with van der Waals surface area (Å²) < 4.78 is 5.23. The average molecular weight is 190 g/mol. The van der Waals surface area contributed by atoms with Crippen LogP contribution >= 0.6 is 0 Å². The first kappa shape index (κ1) is 8.74. The fourth-order valence-corrected chi connectivity index (χ4v) is 1.42. The van der Waals surface area contributed by atoms with Gasteiger partial charge in [0.25, 0.3) is 11.9 Å². The molecule has 1 aliphatic heterocycles. The maximum absolute atomic E-state index is 11.5. The van der Waals surface area contributed by atoms with Gasteiger partial charge >= 0.3 is 0 Å². The van der Waals surface area contributed by atoms with Crippen LogP contribution in [0.5, 0.6) is 0 Å². The van der Waals surface area contributed by atoms with Gasteiger partial charge in [0.1, 0.15) is 0 Å². The Morgan fingerprint density at radius 2 is 2.00 bits per heavy atom. The minimum absolute atomic E-state index is 0.0682. The molecule has 72 valence electrons. The van der Waals surface area contributed by atoms with Crippen molar-refractivity contribution in [3.8, 4) is 0 Å². The molecule has 1 aromatic rings. The van der Waals surface area contributed by atoms with Gasteiger partial charge in [-0.25, -0.2) is 0 Å². The molecule has 0 spiro atoms. The van der Waals surface area contributed by atoms with Gasteiger partial charge < -0.3 is 10.5 Å². The summed E-state index contributed by atoms with van der Waals surface area (Å²) in [6.45, 7) is 1.66. The third-order valence-corrected chi connectivity index (χ3v) is 2.25. The Labute approximate surface area is 81.4 Å². The third-order valence-electron chi connectivity index (χ3n) is 2.25. The molecule has 0 saturated carbocycles. The summed E-state index contributed by atoms with van der Waals surface area (Å²) in [7, 11) is 0. The number of rotatable bonds is 1. The van der Waals surface area contributed by atoms with E-state index in [9.17, 15) is 4.79 Å². The van der Waals surface area contributed by atoms with Crippen LogP contribution in [0.2, 0.25) is 0 Å². The molecule has 1 aliphatic rings. The van der Waals surface area contributed by atoms with Crippen LogP contribution in [0.15, 0.2) is 35.3 Å². The highest BCUT2D eigenvalue weighted by molar-refractivity contribution is 6.01. The molecule has 0 saturated heterocycles. The standard InChI is InChI=1S/C10H10N2O2/c1-10(7-5-3-2-4-6-7)8(13)12-9(11)14-10/h2-6H,1H3,(H2,11,12,13)/t10-/m1/s1. The van der Waals surface area contributed by atoms with Gasteiger partial charge in [-0.2, -0.15) is 4.99 Å². The molecule has 1 heterocycles. The van der Waals surface area contributed by atoms with Crippen molar-refractivity contribution in [2.75, 3.05) is 0 Å². The van der Waals surface area contributed by atoms with E-state index in [1.165, 1.54) is 0 Å². The number of benzene rings is 1. The number of amides is 1. The largest absolute Gasteiger partial charge is 0.444 e. The first-order chi connectivity index (χ1) is 6.63. The van der Waals surface area contributed by atoms with E-state index in [1.807, 2.05) is 30.3 Å². The van der Waals surface area contributed by atoms with E-state index >= 15 is 0 Å². The van der Waals surface area contributed by atoms with Gasteiger partial charge in [0, 0.05) is 5.56 Å². The number of hydrogen-bond acceptors (Lipinski definition) is 3. The normalized spacial score (nSPS) is 25.8. The molecule has 14 heavy (non-hydrogen) atoms.